The molecule has 4 nitrogen and oxygen atoms in total. The third-order valence-corrected chi connectivity index (χ3v) is 3.38. The molecule has 0 saturated heterocycles. The number of aromatic carboxylic acids is 1. The van der Waals surface area contributed by atoms with Gasteiger partial charge >= 0.3 is 12.1 Å². The number of hydrogen-bond acceptors (Lipinski definition) is 4. The van der Waals surface area contributed by atoms with Crippen molar-refractivity contribution in [1.29, 1.82) is 0 Å². The van der Waals surface area contributed by atoms with Crippen molar-refractivity contribution in [2.45, 2.75) is 6.18 Å². The van der Waals surface area contributed by atoms with Gasteiger partial charge in [-0.3, -0.25) is 0 Å². The monoisotopic (exact) mass is 322 g/mol. The van der Waals surface area contributed by atoms with E-state index in [2.05, 4.69) is 10.3 Å². The summed E-state index contributed by atoms with van der Waals surface area (Å²) in [5, 5.41) is 11.2. The number of nitrogens with zero attached hydrogens (tertiary/aromatic N) is 1. The molecule has 0 aliphatic heterocycles. The summed E-state index contributed by atoms with van der Waals surface area (Å²) in [6.07, 6.45) is -3.52. The average Bonchev–Trinajstić information content (AvgIpc) is 2.79. The Hall–Kier alpha value is -1.80. The maximum atomic E-state index is 12.9. The molecule has 0 radical (unpaired) electrons. The summed E-state index contributed by atoms with van der Waals surface area (Å²) >= 11 is 6.29. The van der Waals surface area contributed by atoms with Crippen molar-refractivity contribution in [3.8, 4) is 0 Å². The Morgan fingerprint density at radius 3 is 2.65 bits per heavy atom. The maximum absolute atomic E-state index is 12.9. The minimum absolute atomic E-state index is 0.0479. The summed E-state index contributed by atoms with van der Waals surface area (Å²) in [6.45, 7) is 0. The number of carboxylic acids is 1. The van der Waals surface area contributed by atoms with Crippen LogP contribution in [0.1, 0.15) is 15.2 Å². The number of aromatic nitrogens is 1. The molecular formula is C11H6ClF3N2O2S. The highest BCUT2D eigenvalue weighted by atomic mass is 35.5. The maximum Gasteiger partial charge on any atom is 0.418 e. The Balaban J connectivity index is 2.35. The van der Waals surface area contributed by atoms with Gasteiger partial charge in [-0.05, 0) is 18.2 Å². The van der Waals surface area contributed by atoms with Crippen molar-refractivity contribution in [2.75, 3.05) is 5.32 Å². The minimum atomic E-state index is -4.58. The smallest absolute Gasteiger partial charge is 0.418 e. The summed E-state index contributed by atoms with van der Waals surface area (Å²) in [5.74, 6) is -1.19. The molecular weight excluding hydrogens is 317 g/mol. The van der Waals surface area contributed by atoms with Crippen molar-refractivity contribution in [3.05, 3.63) is 39.9 Å². The van der Waals surface area contributed by atoms with Crippen LogP contribution in [0, 0.1) is 0 Å². The third kappa shape index (κ3) is 3.20. The van der Waals surface area contributed by atoms with E-state index >= 15 is 0 Å². The van der Waals surface area contributed by atoms with Crippen LogP contribution in [-0.4, -0.2) is 16.1 Å². The van der Waals surface area contributed by atoms with Gasteiger partial charge in [0, 0.05) is 5.02 Å². The molecule has 9 heteroatoms. The molecule has 106 valence electrons. The summed E-state index contributed by atoms with van der Waals surface area (Å²) in [4.78, 5) is 14.3. The van der Waals surface area contributed by atoms with Gasteiger partial charge in [-0.15, -0.1) is 0 Å². The molecule has 0 atom stereocenters. The predicted octanol–water partition coefficient (Wildman–Crippen LogP) is 4.26. The summed E-state index contributed by atoms with van der Waals surface area (Å²) in [6, 6.07) is 3.24. The van der Waals surface area contributed by atoms with E-state index in [0.717, 1.165) is 29.7 Å². The molecule has 0 amide bonds. The summed E-state index contributed by atoms with van der Waals surface area (Å²) < 4.78 is 38.6. The van der Waals surface area contributed by atoms with Crippen LogP contribution in [0.3, 0.4) is 0 Å². The first-order valence-electron chi connectivity index (χ1n) is 5.10. The zero-order valence-corrected chi connectivity index (χ0v) is 11.1. The summed E-state index contributed by atoms with van der Waals surface area (Å²) in [5.41, 5.74) is -1.19. The molecule has 0 saturated carbocycles. The van der Waals surface area contributed by atoms with Gasteiger partial charge in [-0.2, -0.15) is 13.2 Å². The van der Waals surface area contributed by atoms with Gasteiger partial charge in [-0.25, -0.2) is 9.78 Å². The fourth-order valence-electron chi connectivity index (χ4n) is 1.41. The molecule has 1 heterocycles. The van der Waals surface area contributed by atoms with E-state index in [4.69, 9.17) is 16.7 Å². The molecule has 2 N–H and O–H groups in total. The van der Waals surface area contributed by atoms with E-state index in [1.54, 1.807) is 0 Å². The number of carboxylic acid groups (broad SMARTS) is 1. The normalized spacial score (nSPS) is 11.4. The number of anilines is 2. The van der Waals surface area contributed by atoms with Crippen LogP contribution in [0.4, 0.5) is 24.0 Å². The molecule has 0 aliphatic rings. The zero-order valence-electron chi connectivity index (χ0n) is 9.53. The topological polar surface area (TPSA) is 62.2 Å². The van der Waals surface area contributed by atoms with Gasteiger partial charge in [0.2, 0.25) is 0 Å². The first-order chi connectivity index (χ1) is 9.27. The van der Waals surface area contributed by atoms with Crippen LogP contribution < -0.4 is 5.32 Å². The van der Waals surface area contributed by atoms with Gasteiger partial charge in [-0.1, -0.05) is 22.9 Å². The molecule has 0 spiro atoms. The first-order valence-corrected chi connectivity index (χ1v) is 6.29. The second-order valence-corrected chi connectivity index (χ2v) is 5.11. The van der Waals surface area contributed by atoms with Gasteiger partial charge in [0.1, 0.15) is 4.88 Å². The third-order valence-electron chi connectivity index (χ3n) is 2.25. The lowest BCUT2D eigenvalue weighted by molar-refractivity contribution is -0.136. The van der Waals surface area contributed by atoms with Gasteiger partial charge in [0.15, 0.2) is 5.13 Å². The van der Waals surface area contributed by atoms with Crippen LogP contribution in [0.2, 0.25) is 5.02 Å². The van der Waals surface area contributed by atoms with Crippen LogP contribution in [0.15, 0.2) is 24.4 Å². The van der Waals surface area contributed by atoms with E-state index in [1.165, 1.54) is 6.07 Å². The number of benzene rings is 1. The van der Waals surface area contributed by atoms with Crippen molar-refractivity contribution < 1.29 is 23.1 Å². The first kappa shape index (κ1) is 14.6. The second kappa shape index (κ2) is 5.29. The quantitative estimate of drug-likeness (QED) is 0.886. The van der Waals surface area contributed by atoms with E-state index in [0.29, 0.717) is 0 Å². The highest BCUT2D eigenvalue weighted by Gasteiger charge is 2.34. The zero-order chi connectivity index (χ0) is 14.9. The predicted molar refractivity (Wildman–Crippen MR) is 68.8 cm³/mol. The Bertz CT molecular complexity index is 657. The number of rotatable bonds is 3. The van der Waals surface area contributed by atoms with Crippen molar-refractivity contribution >= 4 is 39.7 Å². The van der Waals surface area contributed by atoms with Crippen molar-refractivity contribution in [1.82, 2.24) is 4.98 Å². The van der Waals surface area contributed by atoms with Gasteiger partial charge < -0.3 is 10.4 Å². The number of carbonyl (C=O) groups is 1. The number of nitrogens with one attached hydrogen (secondary N) is 1. The highest BCUT2D eigenvalue weighted by Crippen LogP contribution is 2.38. The van der Waals surface area contributed by atoms with Gasteiger partial charge in [0.25, 0.3) is 0 Å². The molecule has 2 rings (SSSR count). The average molecular weight is 323 g/mol. The lowest BCUT2D eigenvalue weighted by Crippen LogP contribution is -2.08. The fourth-order valence-corrected chi connectivity index (χ4v) is 2.25. The Kier molecular flexibility index (Phi) is 3.87. The van der Waals surface area contributed by atoms with Crippen LogP contribution in [0.25, 0.3) is 0 Å². The minimum Gasteiger partial charge on any atom is -0.477 e. The highest BCUT2D eigenvalue weighted by molar-refractivity contribution is 7.17. The Morgan fingerprint density at radius 2 is 2.10 bits per heavy atom. The fraction of sp³-hybridized carbons (Fsp3) is 0.0909. The van der Waals surface area contributed by atoms with Crippen LogP contribution in [0.5, 0.6) is 0 Å². The molecule has 1 aromatic carbocycles. The molecule has 20 heavy (non-hydrogen) atoms. The van der Waals surface area contributed by atoms with E-state index < -0.39 is 17.7 Å². The molecule has 0 fully saturated rings. The number of halogens is 4. The molecule has 2 aromatic rings. The standard InChI is InChI=1S/C11H6ClF3N2O2S/c12-5-1-2-7(6(3-5)11(13,14)15)17-10-16-4-8(20-10)9(18)19/h1-4H,(H,16,17)(H,18,19). The second-order valence-electron chi connectivity index (χ2n) is 3.65. The lowest BCUT2D eigenvalue weighted by Gasteiger charge is -2.13. The SMILES string of the molecule is O=C(O)c1cnc(Nc2ccc(Cl)cc2C(F)(F)F)s1. The van der Waals surface area contributed by atoms with Crippen molar-refractivity contribution in [3.63, 3.8) is 0 Å². The van der Waals surface area contributed by atoms with Gasteiger partial charge in [0.05, 0.1) is 17.4 Å². The van der Waals surface area contributed by atoms with Crippen LogP contribution >= 0.6 is 22.9 Å². The molecule has 0 unspecified atom stereocenters. The van der Waals surface area contributed by atoms with Crippen LogP contribution in [-0.2, 0) is 6.18 Å². The Labute approximate surface area is 119 Å². The van der Waals surface area contributed by atoms with E-state index in [-0.39, 0.29) is 20.7 Å². The van der Waals surface area contributed by atoms with E-state index in [1.807, 2.05) is 0 Å². The Morgan fingerprint density at radius 1 is 1.40 bits per heavy atom. The molecule has 0 aliphatic carbocycles. The number of thiazole rings is 1. The molecule has 1 aromatic heterocycles. The number of alkyl halides is 3. The largest absolute Gasteiger partial charge is 0.477 e. The van der Waals surface area contributed by atoms with Crippen molar-refractivity contribution in [2.24, 2.45) is 0 Å². The van der Waals surface area contributed by atoms with E-state index in [9.17, 15) is 18.0 Å². The number of hydrogen-bond donors (Lipinski definition) is 2. The lowest BCUT2D eigenvalue weighted by atomic mass is 10.1. The molecule has 0 bridgehead atoms. The summed E-state index contributed by atoms with van der Waals surface area (Å²) in [7, 11) is 0.